The first-order valence-corrected chi connectivity index (χ1v) is 10.9. The summed E-state index contributed by atoms with van der Waals surface area (Å²) in [6.07, 6.45) is 5.83. The summed E-state index contributed by atoms with van der Waals surface area (Å²) in [4.78, 5) is 39.6. The molecular weight excluding hydrogens is 382 g/mol. The van der Waals surface area contributed by atoms with Crippen LogP contribution in [0.4, 0.5) is 0 Å². The maximum absolute atomic E-state index is 13.0. The van der Waals surface area contributed by atoms with Gasteiger partial charge in [0.25, 0.3) is 0 Å². The molecule has 160 valence electrons. The van der Waals surface area contributed by atoms with Crippen LogP contribution in [-0.4, -0.2) is 44.2 Å². The molecule has 0 aliphatic carbocycles. The summed E-state index contributed by atoms with van der Waals surface area (Å²) in [5.74, 6) is 0.719. The lowest BCUT2D eigenvalue weighted by Crippen LogP contribution is -2.46. The van der Waals surface area contributed by atoms with Gasteiger partial charge in [0.05, 0.1) is 0 Å². The van der Waals surface area contributed by atoms with Gasteiger partial charge in [-0.25, -0.2) is 9.48 Å². The lowest BCUT2D eigenvalue weighted by atomic mass is 10.0. The molecule has 1 saturated heterocycles. The standard InChI is InChI=1S/C22H29N5O3/c28-19-12-5-7-15-26(19)20(17-9-2-1-3-10-17)21(29)23-13-8-16-27-22(30)25-14-6-4-11-18(25)24-27/h1-3,9-10,20H,4-8,11-16H2,(H,23,29). The summed E-state index contributed by atoms with van der Waals surface area (Å²) in [6, 6.07) is 8.84. The summed E-state index contributed by atoms with van der Waals surface area (Å²) < 4.78 is 3.27. The van der Waals surface area contributed by atoms with Crippen LogP contribution < -0.4 is 11.0 Å². The maximum Gasteiger partial charge on any atom is 0.345 e. The Morgan fingerprint density at radius 2 is 1.80 bits per heavy atom. The Hall–Kier alpha value is -2.90. The number of rotatable bonds is 7. The van der Waals surface area contributed by atoms with Crippen molar-refractivity contribution in [1.29, 1.82) is 0 Å². The molecule has 0 radical (unpaired) electrons. The highest BCUT2D eigenvalue weighted by Crippen LogP contribution is 2.25. The second kappa shape index (κ2) is 9.28. The van der Waals surface area contributed by atoms with E-state index in [9.17, 15) is 14.4 Å². The van der Waals surface area contributed by atoms with E-state index in [1.165, 1.54) is 4.68 Å². The molecule has 1 atom stereocenters. The summed E-state index contributed by atoms with van der Waals surface area (Å²) in [5.41, 5.74) is 0.764. The van der Waals surface area contributed by atoms with Crippen molar-refractivity contribution in [3.8, 4) is 0 Å². The largest absolute Gasteiger partial charge is 0.354 e. The Morgan fingerprint density at radius 3 is 2.57 bits per heavy atom. The van der Waals surface area contributed by atoms with E-state index in [1.807, 2.05) is 30.3 Å². The predicted molar refractivity (Wildman–Crippen MR) is 112 cm³/mol. The molecule has 1 aromatic carbocycles. The molecule has 4 rings (SSSR count). The molecule has 8 nitrogen and oxygen atoms in total. The minimum atomic E-state index is -0.610. The molecule has 2 amide bonds. The molecule has 1 unspecified atom stereocenters. The van der Waals surface area contributed by atoms with E-state index in [1.54, 1.807) is 9.47 Å². The third-order valence-electron chi connectivity index (χ3n) is 5.91. The molecular formula is C22H29N5O3. The quantitative estimate of drug-likeness (QED) is 0.702. The number of hydrogen-bond donors (Lipinski definition) is 1. The molecule has 3 heterocycles. The number of hydrogen-bond acceptors (Lipinski definition) is 4. The van der Waals surface area contributed by atoms with E-state index >= 15 is 0 Å². The van der Waals surface area contributed by atoms with Crippen molar-refractivity contribution in [3.63, 3.8) is 0 Å². The zero-order chi connectivity index (χ0) is 20.9. The summed E-state index contributed by atoms with van der Waals surface area (Å²) in [5, 5.41) is 7.40. The molecule has 1 N–H and O–H groups in total. The van der Waals surface area contributed by atoms with Crippen LogP contribution in [0, 0.1) is 0 Å². The van der Waals surface area contributed by atoms with Crippen LogP contribution in [0.1, 0.15) is 56.0 Å². The van der Waals surface area contributed by atoms with Gasteiger partial charge in [-0.3, -0.25) is 14.2 Å². The molecule has 2 aliphatic rings. The van der Waals surface area contributed by atoms with E-state index in [0.717, 1.165) is 50.0 Å². The van der Waals surface area contributed by atoms with Crippen molar-refractivity contribution >= 4 is 11.8 Å². The minimum absolute atomic E-state index is 0.0281. The fraction of sp³-hybridized carbons (Fsp3) is 0.545. The molecule has 8 heteroatoms. The summed E-state index contributed by atoms with van der Waals surface area (Å²) in [7, 11) is 0. The van der Waals surface area contributed by atoms with E-state index in [0.29, 0.717) is 32.5 Å². The smallest absolute Gasteiger partial charge is 0.345 e. The summed E-state index contributed by atoms with van der Waals surface area (Å²) in [6.45, 7) is 2.24. The number of nitrogens with zero attached hydrogens (tertiary/aromatic N) is 4. The minimum Gasteiger partial charge on any atom is -0.354 e. The Balaban J connectivity index is 1.38. The number of carbonyl (C=O) groups is 2. The van der Waals surface area contributed by atoms with Crippen LogP contribution >= 0.6 is 0 Å². The lowest BCUT2D eigenvalue weighted by molar-refractivity contribution is -0.142. The third kappa shape index (κ3) is 4.32. The van der Waals surface area contributed by atoms with E-state index in [2.05, 4.69) is 10.4 Å². The number of benzene rings is 1. The Morgan fingerprint density at radius 1 is 1.03 bits per heavy atom. The summed E-state index contributed by atoms with van der Waals surface area (Å²) >= 11 is 0. The molecule has 0 spiro atoms. The fourth-order valence-electron chi connectivity index (χ4n) is 4.34. The van der Waals surface area contributed by atoms with Gasteiger partial charge in [-0.05, 0) is 37.7 Å². The van der Waals surface area contributed by atoms with Gasteiger partial charge in [-0.2, -0.15) is 5.10 Å². The van der Waals surface area contributed by atoms with Gasteiger partial charge in [0.1, 0.15) is 11.9 Å². The van der Waals surface area contributed by atoms with Crippen LogP contribution in [-0.2, 0) is 29.1 Å². The second-order valence-electron chi connectivity index (χ2n) is 8.03. The molecule has 2 aromatic rings. The van der Waals surface area contributed by atoms with Gasteiger partial charge in [-0.15, -0.1) is 0 Å². The Labute approximate surface area is 175 Å². The number of likely N-dealkylation sites (tertiary alicyclic amines) is 1. The van der Waals surface area contributed by atoms with E-state index in [-0.39, 0.29) is 17.5 Å². The van der Waals surface area contributed by atoms with Crippen molar-refractivity contribution in [3.05, 3.63) is 52.2 Å². The number of nitrogens with one attached hydrogen (secondary N) is 1. The van der Waals surface area contributed by atoms with Crippen molar-refractivity contribution in [2.24, 2.45) is 0 Å². The Kier molecular flexibility index (Phi) is 6.30. The van der Waals surface area contributed by atoms with Crippen molar-refractivity contribution in [1.82, 2.24) is 24.6 Å². The Bertz CT molecular complexity index is 949. The topological polar surface area (TPSA) is 89.2 Å². The van der Waals surface area contributed by atoms with E-state index < -0.39 is 6.04 Å². The molecule has 0 saturated carbocycles. The number of aromatic nitrogens is 3. The van der Waals surface area contributed by atoms with Gasteiger partial charge in [-0.1, -0.05) is 30.3 Å². The lowest BCUT2D eigenvalue weighted by Gasteiger charge is -2.34. The number of amides is 2. The zero-order valence-electron chi connectivity index (χ0n) is 17.3. The molecule has 1 fully saturated rings. The molecule has 2 aliphatic heterocycles. The molecule has 30 heavy (non-hydrogen) atoms. The first-order valence-electron chi connectivity index (χ1n) is 10.9. The number of fused-ring (bicyclic) bond motifs is 1. The normalized spacial score (nSPS) is 17.5. The van der Waals surface area contributed by atoms with Crippen molar-refractivity contribution < 1.29 is 9.59 Å². The number of carbonyl (C=O) groups excluding carboxylic acids is 2. The van der Waals surface area contributed by atoms with E-state index in [4.69, 9.17) is 0 Å². The maximum atomic E-state index is 13.0. The zero-order valence-corrected chi connectivity index (χ0v) is 17.3. The van der Waals surface area contributed by atoms with Crippen LogP contribution in [0.5, 0.6) is 0 Å². The second-order valence-corrected chi connectivity index (χ2v) is 8.03. The van der Waals surface area contributed by atoms with Gasteiger partial charge in [0, 0.05) is 39.0 Å². The van der Waals surface area contributed by atoms with Crippen LogP contribution in [0.15, 0.2) is 35.1 Å². The monoisotopic (exact) mass is 411 g/mol. The SMILES string of the molecule is O=C(NCCCn1nc2n(c1=O)CCCC2)C(c1ccccc1)N1CCCCC1=O. The van der Waals surface area contributed by atoms with Crippen LogP contribution in [0.3, 0.4) is 0 Å². The first-order chi connectivity index (χ1) is 14.6. The highest BCUT2D eigenvalue weighted by atomic mass is 16.2. The fourth-order valence-corrected chi connectivity index (χ4v) is 4.34. The van der Waals surface area contributed by atoms with Crippen molar-refractivity contribution in [2.45, 2.75) is 64.1 Å². The average molecular weight is 412 g/mol. The number of piperidine rings is 1. The molecule has 1 aromatic heterocycles. The first kappa shape index (κ1) is 20.4. The van der Waals surface area contributed by atoms with Crippen LogP contribution in [0.25, 0.3) is 0 Å². The van der Waals surface area contributed by atoms with Crippen molar-refractivity contribution in [2.75, 3.05) is 13.1 Å². The predicted octanol–water partition coefficient (Wildman–Crippen LogP) is 1.64. The average Bonchev–Trinajstić information content (AvgIpc) is 3.09. The molecule has 0 bridgehead atoms. The van der Waals surface area contributed by atoms with Gasteiger partial charge >= 0.3 is 5.69 Å². The highest BCUT2D eigenvalue weighted by Gasteiger charge is 2.32. The van der Waals surface area contributed by atoms with Gasteiger partial charge in [0.2, 0.25) is 11.8 Å². The highest BCUT2D eigenvalue weighted by molar-refractivity contribution is 5.89. The number of aryl methyl sites for hydroxylation is 2. The van der Waals surface area contributed by atoms with Gasteiger partial charge < -0.3 is 10.2 Å². The van der Waals surface area contributed by atoms with Crippen LogP contribution in [0.2, 0.25) is 0 Å². The third-order valence-corrected chi connectivity index (χ3v) is 5.91. The van der Waals surface area contributed by atoms with Gasteiger partial charge in [0.15, 0.2) is 0 Å².